The van der Waals surface area contributed by atoms with Crippen molar-refractivity contribution in [2.75, 3.05) is 16.8 Å². The van der Waals surface area contributed by atoms with Gasteiger partial charge in [-0.2, -0.15) is 0 Å². The Morgan fingerprint density at radius 2 is 1.90 bits per heavy atom. The molecular weight excluding hydrogens is 384 g/mol. The Hall–Kier alpha value is -2.92. The van der Waals surface area contributed by atoms with Crippen molar-refractivity contribution in [1.29, 1.82) is 0 Å². The Kier molecular flexibility index (Phi) is 4.47. The van der Waals surface area contributed by atoms with Crippen LogP contribution in [0.15, 0.2) is 60.8 Å². The molecule has 2 aromatic heterocycles. The highest BCUT2D eigenvalue weighted by molar-refractivity contribution is 6.30. The van der Waals surface area contributed by atoms with E-state index in [1.165, 1.54) is 0 Å². The predicted molar refractivity (Wildman–Crippen MR) is 115 cm³/mol. The van der Waals surface area contributed by atoms with Crippen LogP contribution in [0.25, 0.3) is 0 Å². The van der Waals surface area contributed by atoms with Crippen LogP contribution in [0, 0.1) is 0 Å². The number of carbonyl (C=O) groups excluding carboxylic acids is 1. The smallest absolute Gasteiger partial charge is 0.236 e. The largest absolute Gasteiger partial charge is 0.325 e. The second-order valence-electron chi connectivity index (χ2n) is 7.65. The van der Waals surface area contributed by atoms with Crippen molar-refractivity contribution in [3.63, 3.8) is 0 Å². The number of aromatic nitrogens is 2. The highest BCUT2D eigenvalue weighted by atomic mass is 35.5. The first-order valence-corrected chi connectivity index (χ1v) is 10.3. The molecule has 5 nitrogen and oxygen atoms in total. The summed E-state index contributed by atoms with van der Waals surface area (Å²) in [5.41, 5.74) is 3.20. The number of nitrogens with zero attached hydrogens (tertiary/aromatic N) is 3. The summed E-state index contributed by atoms with van der Waals surface area (Å²) in [7, 11) is 0. The van der Waals surface area contributed by atoms with Gasteiger partial charge in [0.2, 0.25) is 5.91 Å². The molecule has 146 valence electrons. The van der Waals surface area contributed by atoms with Crippen LogP contribution < -0.4 is 10.2 Å². The Morgan fingerprint density at radius 3 is 2.59 bits per heavy atom. The minimum absolute atomic E-state index is 0.0121. The minimum atomic E-state index is -0.549. The van der Waals surface area contributed by atoms with E-state index in [4.69, 9.17) is 16.6 Å². The summed E-state index contributed by atoms with van der Waals surface area (Å²) >= 11 is 5.95. The molecule has 1 amide bonds. The number of rotatable bonds is 4. The lowest BCUT2D eigenvalue weighted by Crippen LogP contribution is -2.46. The molecule has 2 aliphatic rings. The molecule has 3 heterocycles. The van der Waals surface area contributed by atoms with E-state index in [1.54, 1.807) is 18.3 Å². The Balaban J connectivity index is 1.42. The molecule has 0 radical (unpaired) electrons. The van der Waals surface area contributed by atoms with Crippen molar-refractivity contribution in [1.82, 2.24) is 9.97 Å². The first-order valence-electron chi connectivity index (χ1n) is 9.92. The Morgan fingerprint density at radius 1 is 1.07 bits per heavy atom. The van der Waals surface area contributed by atoms with E-state index < -0.39 is 5.41 Å². The molecule has 1 saturated carbocycles. The molecule has 0 bridgehead atoms. The number of carbonyl (C=O) groups is 1. The number of halogens is 1. The molecule has 0 spiro atoms. The summed E-state index contributed by atoms with van der Waals surface area (Å²) in [5, 5.41) is 3.71. The standard InChI is InChI=1S/C23H21ClN4O/c24-16-5-7-17(8-6-16)26-22(29)23(12-3-13-23)20-10-9-19-18(27-20)11-15-28(19)21-4-1-2-14-25-21/h1-2,4-10,14H,3,11-13,15H2,(H,26,29). The maximum atomic E-state index is 13.2. The maximum absolute atomic E-state index is 13.2. The fourth-order valence-electron chi connectivity index (χ4n) is 4.19. The van der Waals surface area contributed by atoms with Crippen LogP contribution in [0.1, 0.15) is 30.7 Å². The molecule has 0 saturated heterocycles. The number of pyridine rings is 2. The van der Waals surface area contributed by atoms with E-state index in [9.17, 15) is 4.79 Å². The number of benzene rings is 1. The summed E-state index contributed by atoms with van der Waals surface area (Å²) in [4.78, 5) is 24.8. The third-order valence-corrected chi connectivity index (χ3v) is 6.23. The van der Waals surface area contributed by atoms with Crippen LogP contribution >= 0.6 is 11.6 Å². The number of hydrogen-bond donors (Lipinski definition) is 1. The van der Waals surface area contributed by atoms with Crippen LogP contribution in [-0.4, -0.2) is 22.4 Å². The molecule has 1 aromatic carbocycles. The average molecular weight is 405 g/mol. The molecule has 1 fully saturated rings. The van der Waals surface area contributed by atoms with E-state index in [0.29, 0.717) is 5.02 Å². The molecular formula is C23H21ClN4O. The molecule has 6 heteroatoms. The van der Waals surface area contributed by atoms with Crippen LogP contribution in [-0.2, 0) is 16.6 Å². The number of nitrogens with one attached hydrogen (secondary N) is 1. The molecule has 5 rings (SSSR count). The quantitative estimate of drug-likeness (QED) is 0.673. The normalized spacial score (nSPS) is 16.8. The van der Waals surface area contributed by atoms with Crippen molar-refractivity contribution < 1.29 is 4.79 Å². The summed E-state index contributed by atoms with van der Waals surface area (Å²) in [6, 6.07) is 17.2. The Labute approximate surface area is 174 Å². The minimum Gasteiger partial charge on any atom is -0.325 e. The molecule has 1 aliphatic carbocycles. The molecule has 0 unspecified atom stereocenters. The lowest BCUT2D eigenvalue weighted by Gasteiger charge is -2.40. The summed E-state index contributed by atoms with van der Waals surface area (Å²) < 4.78 is 0. The first kappa shape index (κ1) is 18.1. The van der Waals surface area contributed by atoms with Gasteiger partial charge in [-0.25, -0.2) is 4.98 Å². The van der Waals surface area contributed by atoms with Crippen molar-refractivity contribution in [3.8, 4) is 0 Å². The van der Waals surface area contributed by atoms with Crippen molar-refractivity contribution in [2.45, 2.75) is 31.1 Å². The summed E-state index contributed by atoms with van der Waals surface area (Å²) in [6.07, 6.45) is 5.34. The van der Waals surface area contributed by atoms with Gasteiger partial charge in [0.25, 0.3) is 0 Å². The van der Waals surface area contributed by atoms with Crippen LogP contribution in [0.2, 0.25) is 5.02 Å². The third-order valence-electron chi connectivity index (χ3n) is 5.97. The second-order valence-corrected chi connectivity index (χ2v) is 8.08. The van der Waals surface area contributed by atoms with Crippen molar-refractivity contribution in [2.24, 2.45) is 0 Å². The number of amides is 1. The van der Waals surface area contributed by atoms with Gasteiger partial charge in [-0.05, 0) is 61.4 Å². The third kappa shape index (κ3) is 3.15. The topological polar surface area (TPSA) is 58.1 Å². The number of fused-ring (bicyclic) bond motifs is 1. The van der Waals surface area contributed by atoms with Crippen LogP contribution in [0.4, 0.5) is 17.2 Å². The summed E-state index contributed by atoms with van der Waals surface area (Å²) in [6.45, 7) is 0.854. The van der Waals surface area contributed by atoms with Gasteiger partial charge >= 0.3 is 0 Å². The zero-order valence-corrected chi connectivity index (χ0v) is 16.7. The number of hydrogen-bond acceptors (Lipinski definition) is 4. The van der Waals surface area contributed by atoms with Crippen molar-refractivity contribution in [3.05, 3.63) is 77.2 Å². The van der Waals surface area contributed by atoms with E-state index >= 15 is 0 Å². The zero-order chi connectivity index (χ0) is 19.8. The van der Waals surface area contributed by atoms with Gasteiger partial charge in [-0.1, -0.05) is 24.1 Å². The summed E-state index contributed by atoms with van der Waals surface area (Å²) in [5.74, 6) is 0.942. The van der Waals surface area contributed by atoms with E-state index in [-0.39, 0.29) is 5.91 Å². The van der Waals surface area contributed by atoms with E-state index in [1.807, 2.05) is 36.4 Å². The van der Waals surface area contributed by atoms with E-state index in [0.717, 1.165) is 60.8 Å². The van der Waals surface area contributed by atoms with E-state index in [2.05, 4.69) is 21.3 Å². The molecule has 0 atom stereocenters. The first-order chi connectivity index (χ1) is 14.2. The second kappa shape index (κ2) is 7.16. The van der Waals surface area contributed by atoms with Gasteiger partial charge in [0, 0.05) is 29.9 Å². The lowest BCUT2D eigenvalue weighted by molar-refractivity contribution is -0.124. The van der Waals surface area contributed by atoms with Gasteiger partial charge in [0.05, 0.1) is 22.5 Å². The fraction of sp³-hybridized carbons (Fsp3) is 0.261. The van der Waals surface area contributed by atoms with Gasteiger partial charge in [-0.3, -0.25) is 9.78 Å². The monoisotopic (exact) mass is 404 g/mol. The molecule has 3 aromatic rings. The van der Waals surface area contributed by atoms with Crippen molar-refractivity contribution >= 4 is 34.7 Å². The fourth-order valence-corrected chi connectivity index (χ4v) is 4.32. The number of anilines is 3. The zero-order valence-electron chi connectivity index (χ0n) is 15.9. The van der Waals surface area contributed by atoms with Crippen LogP contribution in [0.3, 0.4) is 0 Å². The lowest BCUT2D eigenvalue weighted by atomic mass is 9.65. The Bertz CT molecular complexity index is 1050. The SMILES string of the molecule is O=C(Nc1ccc(Cl)cc1)C1(c2ccc3c(n2)CCN3c2ccccn2)CCC1. The molecule has 29 heavy (non-hydrogen) atoms. The predicted octanol–water partition coefficient (Wildman–Crippen LogP) is 4.88. The highest BCUT2D eigenvalue weighted by Gasteiger charge is 2.47. The molecule has 1 aliphatic heterocycles. The molecule has 1 N–H and O–H groups in total. The highest BCUT2D eigenvalue weighted by Crippen LogP contribution is 2.45. The average Bonchev–Trinajstić information content (AvgIpc) is 3.13. The van der Waals surface area contributed by atoms with Gasteiger partial charge in [0.15, 0.2) is 0 Å². The van der Waals surface area contributed by atoms with Crippen LogP contribution in [0.5, 0.6) is 0 Å². The van der Waals surface area contributed by atoms with Gasteiger partial charge < -0.3 is 10.2 Å². The maximum Gasteiger partial charge on any atom is 0.236 e. The van der Waals surface area contributed by atoms with Gasteiger partial charge in [-0.15, -0.1) is 0 Å². The van der Waals surface area contributed by atoms with Gasteiger partial charge in [0.1, 0.15) is 5.82 Å².